The lowest BCUT2D eigenvalue weighted by Crippen LogP contribution is -2.50. The topological polar surface area (TPSA) is 99.2 Å². The summed E-state index contributed by atoms with van der Waals surface area (Å²) in [5, 5.41) is 9.53. The van der Waals surface area contributed by atoms with E-state index < -0.39 is 5.82 Å². The minimum atomic E-state index is -0.489. The van der Waals surface area contributed by atoms with Gasteiger partial charge in [0.05, 0.1) is 16.3 Å². The largest absolute Gasteiger partial charge is 0.355 e. The summed E-state index contributed by atoms with van der Waals surface area (Å²) in [6.07, 6.45) is 3.94. The summed E-state index contributed by atoms with van der Waals surface area (Å²) in [4.78, 5) is 35.6. The van der Waals surface area contributed by atoms with Gasteiger partial charge in [-0.25, -0.2) is 14.4 Å². The third-order valence-corrected chi connectivity index (χ3v) is 7.71. The normalized spacial score (nSPS) is 20.1. The first-order chi connectivity index (χ1) is 16.3. The van der Waals surface area contributed by atoms with Crippen LogP contribution in [0, 0.1) is 12.7 Å². The molecule has 2 unspecified atom stereocenters. The molecule has 2 aliphatic rings. The monoisotopic (exact) mass is 506 g/mol. The van der Waals surface area contributed by atoms with E-state index in [1.54, 1.807) is 6.07 Å². The second-order valence-electron chi connectivity index (χ2n) is 8.58. The standard InChI is InChI=1S/C23H28ClFN6O2S/c1-13-20(29-16-3-4-18(25)17(24)11-16)27-12-28-23(13)34-14(2)21(32)30-15-6-9-31(10-7-15)19-5-8-26-22(19)33/h3-4,11-12,14-15,19H,5-10H2,1-2H3,(H,26,33)(H,30,32)(H,27,28,29). The molecule has 182 valence electrons. The lowest BCUT2D eigenvalue weighted by molar-refractivity contribution is -0.125. The van der Waals surface area contributed by atoms with Crippen LogP contribution in [0.2, 0.25) is 5.02 Å². The van der Waals surface area contributed by atoms with Crippen molar-refractivity contribution >= 4 is 46.7 Å². The summed E-state index contributed by atoms with van der Waals surface area (Å²) < 4.78 is 13.4. The average Bonchev–Trinajstić information content (AvgIpc) is 3.25. The van der Waals surface area contributed by atoms with Gasteiger partial charge in [-0.05, 0) is 51.3 Å². The fourth-order valence-electron chi connectivity index (χ4n) is 4.21. The van der Waals surface area contributed by atoms with Crippen LogP contribution in [0.4, 0.5) is 15.9 Å². The molecule has 8 nitrogen and oxygen atoms in total. The molecule has 0 spiro atoms. The Morgan fingerprint density at radius 3 is 2.74 bits per heavy atom. The van der Waals surface area contributed by atoms with E-state index in [2.05, 4.69) is 30.8 Å². The first kappa shape index (κ1) is 24.7. The van der Waals surface area contributed by atoms with Crippen LogP contribution in [0.1, 0.15) is 31.7 Å². The van der Waals surface area contributed by atoms with Crippen molar-refractivity contribution in [3.05, 3.63) is 40.9 Å². The molecule has 3 N–H and O–H groups in total. The number of nitrogens with one attached hydrogen (secondary N) is 3. The highest BCUT2D eigenvalue weighted by Crippen LogP contribution is 2.30. The van der Waals surface area contributed by atoms with Crippen molar-refractivity contribution in [2.24, 2.45) is 0 Å². The molecule has 0 radical (unpaired) electrons. The van der Waals surface area contributed by atoms with E-state index in [1.165, 1.54) is 30.2 Å². The second kappa shape index (κ2) is 10.9. The number of rotatable bonds is 7. The highest BCUT2D eigenvalue weighted by molar-refractivity contribution is 8.00. The molecule has 0 bridgehead atoms. The smallest absolute Gasteiger partial charge is 0.237 e. The molecule has 0 saturated carbocycles. The molecule has 4 rings (SSSR count). The summed E-state index contributed by atoms with van der Waals surface area (Å²) in [6, 6.07) is 4.43. The SMILES string of the molecule is Cc1c(Nc2ccc(F)c(Cl)c2)ncnc1SC(C)C(=O)NC1CCN(C2CCNC2=O)CC1. The number of carbonyl (C=O) groups is 2. The number of aromatic nitrogens is 2. The van der Waals surface area contributed by atoms with Gasteiger partial charge in [-0.2, -0.15) is 0 Å². The molecule has 2 aromatic rings. The van der Waals surface area contributed by atoms with Gasteiger partial charge in [-0.3, -0.25) is 14.5 Å². The Labute approximate surface area is 207 Å². The summed E-state index contributed by atoms with van der Waals surface area (Å²) in [7, 11) is 0. The van der Waals surface area contributed by atoms with Crippen molar-refractivity contribution in [2.75, 3.05) is 25.0 Å². The van der Waals surface area contributed by atoms with Gasteiger partial charge in [0.1, 0.15) is 23.0 Å². The number of halogens is 2. The number of carbonyl (C=O) groups excluding carboxylic acids is 2. The molecule has 11 heteroatoms. The van der Waals surface area contributed by atoms with Crippen molar-refractivity contribution in [1.29, 1.82) is 0 Å². The predicted molar refractivity (Wildman–Crippen MR) is 131 cm³/mol. The maximum absolute atomic E-state index is 13.4. The fraction of sp³-hybridized carbons (Fsp3) is 0.478. The Morgan fingerprint density at radius 1 is 1.29 bits per heavy atom. The molecular formula is C23H28ClFN6O2S. The zero-order chi connectivity index (χ0) is 24.2. The predicted octanol–water partition coefficient (Wildman–Crippen LogP) is 3.27. The van der Waals surface area contributed by atoms with E-state index in [1.807, 2.05) is 13.8 Å². The maximum atomic E-state index is 13.4. The molecular weight excluding hydrogens is 479 g/mol. The number of thioether (sulfide) groups is 1. The quantitative estimate of drug-likeness (QED) is 0.391. The third kappa shape index (κ3) is 5.79. The highest BCUT2D eigenvalue weighted by Gasteiger charge is 2.33. The Bertz CT molecular complexity index is 1070. The third-order valence-electron chi connectivity index (χ3n) is 6.21. The molecule has 3 heterocycles. The number of nitrogens with zero attached hydrogens (tertiary/aromatic N) is 3. The molecule has 2 atom stereocenters. The van der Waals surface area contributed by atoms with Crippen molar-refractivity contribution in [3.63, 3.8) is 0 Å². The Hall–Kier alpha value is -2.43. The minimum Gasteiger partial charge on any atom is -0.355 e. The number of amides is 2. The molecule has 2 fully saturated rings. The van der Waals surface area contributed by atoms with Crippen molar-refractivity contribution in [2.45, 2.75) is 55.5 Å². The van der Waals surface area contributed by atoms with E-state index in [0.717, 1.165) is 44.5 Å². The first-order valence-corrected chi connectivity index (χ1v) is 12.6. The number of anilines is 2. The molecule has 1 aromatic carbocycles. The van der Waals surface area contributed by atoms with E-state index in [4.69, 9.17) is 11.6 Å². The number of benzene rings is 1. The summed E-state index contributed by atoms with van der Waals surface area (Å²) >= 11 is 7.23. The van der Waals surface area contributed by atoms with Crippen molar-refractivity contribution in [1.82, 2.24) is 25.5 Å². The Morgan fingerprint density at radius 2 is 2.06 bits per heavy atom. The van der Waals surface area contributed by atoms with Crippen LogP contribution < -0.4 is 16.0 Å². The van der Waals surface area contributed by atoms with Crippen LogP contribution >= 0.6 is 23.4 Å². The second-order valence-corrected chi connectivity index (χ2v) is 10.3. The number of hydrogen-bond donors (Lipinski definition) is 3. The van der Waals surface area contributed by atoms with Gasteiger partial charge in [-0.1, -0.05) is 23.4 Å². The van der Waals surface area contributed by atoms with Crippen molar-refractivity contribution in [3.8, 4) is 0 Å². The molecule has 34 heavy (non-hydrogen) atoms. The van der Waals surface area contributed by atoms with Crippen LogP contribution in [0.15, 0.2) is 29.6 Å². The zero-order valence-corrected chi connectivity index (χ0v) is 20.7. The van der Waals surface area contributed by atoms with Gasteiger partial charge in [0.15, 0.2) is 0 Å². The zero-order valence-electron chi connectivity index (χ0n) is 19.1. The molecule has 1 aromatic heterocycles. The lowest BCUT2D eigenvalue weighted by atomic mass is 10.0. The summed E-state index contributed by atoms with van der Waals surface area (Å²) in [5.74, 6) is 0.150. The van der Waals surface area contributed by atoms with Crippen LogP contribution in [0.5, 0.6) is 0 Å². The Balaban J connectivity index is 1.31. The van der Waals surface area contributed by atoms with E-state index in [0.29, 0.717) is 16.5 Å². The minimum absolute atomic E-state index is 0.0222. The number of likely N-dealkylation sites (tertiary alicyclic amines) is 1. The van der Waals surface area contributed by atoms with Crippen LogP contribution in [-0.4, -0.2) is 63.7 Å². The van der Waals surface area contributed by atoms with Gasteiger partial charge in [0, 0.05) is 36.9 Å². The van der Waals surface area contributed by atoms with Crippen LogP contribution in [-0.2, 0) is 9.59 Å². The van der Waals surface area contributed by atoms with E-state index in [-0.39, 0.29) is 34.2 Å². The van der Waals surface area contributed by atoms with E-state index >= 15 is 0 Å². The number of hydrogen-bond acceptors (Lipinski definition) is 7. The highest BCUT2D eigenvalue weighted by atomic mass is 35.5. The molecule has 0 aliphatic carbocycles. The summed E-state index contributed by atoms with van der Waals surface area (Å²) in [6.45, 7) is 6.07. The summed E-state index contributed by atoms with van der Waals surface area (Å²) in [5.41, 5.74) is 1.40. The van der Waals surface area contributed by atoms with Crippen molar-refractivity contribution < 1.29 is 14.0 Å². The first-order valence-electron chi connectivity index (χ1n) is 11.3. The van der Waals surface area contributed by atoms with Gasteiger partial charge < -0.3 is 16.0 Å². The molecule has 2 amide bonds. The molecule has 2 saturated heterocycles. The molecule has 2 aliphatic heterocycles. The average molecular weight is 507 g/mol. The fourth-order valence-corrected chi connectivity index (χ4v) is 5.29. The van der Waals surface area contributed by atoms with Gasteiger partial charge in [-0.15, -0.1) is 0 Å². The number of piperidine rings is 1. The van der Waals surface area contributed by atoms with E-state index in [9.17, 15) is 14.0 Å². The van der Waals surface area contributed by atoms with Crippen LogP contribution in [0.25, 0.3) is 0 Å². The van der Waals surface area contributed by atoms with Gasteiger partial charge >= 0.3 is 0 Å². The van der Waals surface area contributed by atoms with Crippen LogP contribution in [0.3, 0.4) is 0 Å². The maximum Gasteiger partial charge on any atom is 0.237 e. The van der Waals surface area contributed by atoms with Gasteiger partial charge in [0.2, 0.25) is 11.8 Å². The lowest BCUT2D eigenvalue weighted by Gasteiger charge is -2.35. The Kier molecular flexibility index (Phi) is 7.90. The van der Waals surface area contributed by atoms with Gasteiger partial charge in [0.25, 0.3) is 0 Å².